The first-order chi connectivity index (χ1) is 22.7. The zero-order valence-corrected chi connectivity index (χ0v) is 28.1. The van der Waals surface area contributed by atoms with Gasteiger partial charge in [-0.25, -0.2) is 4.79 Å². The average molecular weight is 636 g/mol. The van der Waals surface area contributed by atoms with E-state index in [1.807, 2.05) is 142 Å². The third kappa shape index (κ3) is 13.2. The Bertz CT molecular complexity index is 1390. The Labute approximate surface area is 280 Å². The van der Waals surface area contributed by atoms with Crippen LogP contribution in [0.1, 0.15) is 81.0 Å². The van der Waals surface area contributed by atoms with Crippen LogP contribution in [0.3, 0.4) is 0 Å². The van der Waals surface area contributed by atoms with Crippen molar-refractivity contribution >= 4 is 17.9 Å². The van der Waals surface area contributed by atoms with Crippen LogP contribution in [0.5, 0.6) is 0 Å². The van der Waals surface area contributed by atoms with E-state index < -0.39 is 11.7 Å². The van der Waals surface area contributed by atoms with Crippen molar-refractivity contribution in [1.29, 1.82) is 0 Å². The van der Waals surface area contributed by atoms with Crippen LogP contribution in [0.2, 0.25) is 0 Å². The third-order valence-corrected chi connectivity index (χ3v) is 7.21. The molecule has 47 heavy (non-hydrogen) atoms. The summed E-state index contributed by atoms with van der Waals surface area (Å²) in [6, 6.07) is 39.3. The molecule has 0 aromatic heterocycles. The summed E-state index contributed by atoms with van der Waals surface area (Å²) in [6.45, 7) is 9.24. The Morgan fingerprint density at radius 1 is 0.532 bits per heavy atom. The van der Waals surface area contributed by atoms with Crippen LogP contribution in [0.15, 0.2) is 121 Å². The number of alkyl carbamates (subject to hydrolysis) is 1. The van der Waals surface area contributed by atoms with Crippen LogP contribution >= 0.6 is 0 Å². The highest BCUT2D eigenvalue weighted by Gasteiger charge is 2.23. The van der Waals surface area contributed by atoms with Gasteiger partial charge in [0.15, 0.2) is 0 Å². The molecule has 0 aliphatic carbocycles. The largest absolute Gasteiger partial charge is 0.444 e. The molecular weight excluding hydrogens is 586 g/mol. The summed E-state index contributed by atoms with van der Waals surface area (Å²) in [7, 11) is 0. The Morgan fingerprint density at radius 2 is 0.851 bits per heavy atom. The van der Waals surface area contributed by atoms with Gasteiger partial charge in [0, 0.05) is 19.6 Å². The summed E-state index contributed by atoms with van der Waals surface area (Å²) in [4.78, 5) is 36.9. The fourth-order valence-electron chi connectivity index (χ4n) is 4.97. The molecule has 0 unspecified atom stereocenters. The lowest BCUT2D eigenvalue weighted by molar-refractivity contribution is -0.122. The van der Waals surface area contributed by atoms with E-state index in [0.29, 0.717) is 19.5 Å². The monoisotopic (exact) mass is 635 g/mol. The maximum absolute atomic E-state index is 12.8. The summed E-state index contributed by atoms with van der Waals surface area (Å²) in [5.74, 6) is -0.555. The van der Waals surface area contributed by atoms with Gasteiger partial charge in [-0.1, -0.05) is 135 Å². The molecule has 0 saturated heterocycles. The Kier molecular flexibility index (Phi) is 15.2. The number of nitrogens with one attached hydrogen (secondary N) is 3. The van der Waals surface area contributed by atoms with Crippen molar-refractivity contribution in [3.05, 3.63) is 144 Å². The number of carbonyl (C=O) groups is 3. The molecule has 7 nitrogen and oxygen atoms in total. The van der Waals surface area contributed by atoms with Crippen molar-refractivity contribution in [2.75, 3.05) is 19.6 Å². The molecule has 248 valence electrons. The molecule has 0 radical (unpaired) electrons. The van der Waals surface area contributed by atoms with Gasteiger partial charge in [0.1, 0.15) is 5.60 Å². The van der Waals surface area contributed by atoms with E-state index in [2.05, 4.69) is 22.9 Å². The minimum absolute atomic E-state index is 0.0512. The van der Waals surface area contributed by atoms with E-state index in [-0.39, 0.29) is 23.7 Å². The van der Waals surface area contributed by atoms with Crippen molar-refractivity contribution in [2.45, 2.75) is 64.4 Å². The van der Waals surface area contributed by atoms with Gasteiger partial charge in [-0.2, -0.15) is 0 Å². The molecule has 3 amide bonds. The van der Waals surface area contributed by atoms with Gasteiger partial charge in [0.2, 0.25) is 11.8 Å². The first kappa shape index (κ1) is 36.6. The lowest BCUT2D eigenvalue weighted by Gasteiger charge is -2.20. The maximum Gasteiger partial charge on any atom is 0.407 e. The van der Waals surface area contributed by atoms with Gasteiger partial charge in [-0.05, 0) is 55.9 Å². The van der Waals surface area contributed by atoms with E-state index in [1.54, 1.807) is 0 Å². The number of rotatable bonds is 13. The highest BCUT2D eigenvalue weighted by Crippen LogP contribution is 2.25. The Morgan fingerprint density at radius 3 is 1.17 bits per heavy atom. The number of unbranched alkanes of at least 4 members (excludes halogenated alkanes) is 1. The minimum atomic E-state index is -0.517. The van der Waals surface area contributed by atoms with Crippen molar-refractivity contribution in [3.8, 4) is 0 Å². The minimum Gasteiger partial charge on any atom is -0.444 e. The number of ether oxygens (including phenoxy) is 1. The fourth-order valence-corrected chi connectivity index (χ4v) is 4.97. The summed E-state index contributed by atoms with van der Waals surface area (Å²) in [5, 5.41) is 8.71. The fraction of sp³-hybridized carbons (Fsp3) is 0.325. The molecule has 0 aliphatic rings. The third-order valence-electron chi connectivity index (χ3n) is 7.21. The number of carbonyl (C=O) groups excluding carboxylic acids is 3. The SMILES string of the molecule is CC(C)(C)OC(=O)NCCCNC(=O)C(c1ccccc1)c1ccccc1.CCCCNC(=O)C(c1ccccc1)c1ccccc1. The first-order valence-corrected chi connectivity index (χ1v) is 16.4. The van der Waals surface area contributed by atoms with E-state index >= 15 is 0 Å². The molecule has 4 aromatic carbocycles. The number of benzene rings is 4. The summed E-state index contributed by atoms with van der Waals surface area (Å²) in [5.41, 5.74) is 3.46. The van der Waals surface area contributed by atoms with Crippen LogP contribution in [0, 0.1) is 0 Å². The highest BCUT2D eigenvalue weighted by molar-refractivity contribution is 5.87. The molecule has 0 saturated carbocycles. The molecule has 0 bridgehead atoms. The number of hydrogen-bond acceptors (Lipinski definition) is 4. The zero-order chi connectivity index (χ0) is 33.9. The van der Waals surface area contributed by atoms with Crippen molar-refractivity contribution in [3.63, 3.8) is 0 Å². The van der Waals surface area contributed by atoms with E-state index in [9.17, 15) is 14.4 Å². The second-order valence-corrected chi connectivity index (χ2v) is 12.2. The maximum atomic E-state index is 12.8. The predicted octanol–water partition coefficient (Wildman–Crippen LogP) is 7.58. The molecule has 0 fully saturated rings. The molecule has 3 N–H and O–H groups in total. The molecule has 7 heteroatoms. The topological polar surface area (TPSA) is 96.5 Å². The second-order valence-electron chi connectivity index (χ2n) is 12.2. The van der Waals surface area contributed by atoms with Gasteiger partial charge in [-0.15, -0.1) is 0 Å². The Hall–Kier alpha value is -4.91. The summed E-state index contributed by atoms with van der Waals surface area (Å²) >= 11 is 0. The van der Waals surface area contributed by atoms with Crippen LogP contribution in [-0.2, 0) is 14.3 Å². The zero-order valence-electron chi connectivity index (χ0n) is 28.1. The summed E-state index contributed by atoms with van der Waals surface area (Å²) < 4.78 is 5.18. The average Bonchev–Trinajstić information content (AvgIpc) is 3.06. The molecule has 0 aliphatic heterocycles. The quantitative estimate of drug-likeness (QED) is 0.132. The highest BCUT2D eigenvalue weighted by atomic mass is 16.6. The van der Waals surface area contributed by atoms with Gasteiger partial charge < -0.3 is 20.7 Å². The van der Waals surface area contributed by atoms with Gasteiger partial charge in [-0.3, -0.25) is 9.59 Å². The lowest BCUT2D eigenvalue weighted by Crippen LogP contribution is -2.35. The second kappa shape index (κ2) is 19.6. The van der Waals surface area contributed by atoms with Gasteiger partial charge >= 0.3 is 6.09 Å². The van der Waals surface area contributed by atoms with E-state index in [0.717, 1.165) is 41.6 Å². The van der Waals surface area contributed by atoms with E-state index in [4.69, 9.17) is 4.74 Å². The Balaban J connectivity index is 0.000000267. The standard InChI is InChI=1S/C22H28N2O3.C18H21NO/c1-22(2,3)27-21(26)24-16-10-15-23-20(25)19(17-11-6-4-7-12-17)18-13-8-5-9-14-18;1-2-3-14-19-18(20)17(15-10-6-4-7-11-15)16-12-8-5-9-13-16/h4-9,11-14,19H,10,15-16H2,1-3H3,(H,23,25)(H,24,26);4-13,17H,2-3,14H2,1H3,(H,19,20). The molecule has 0 spiro atoms. The van der Waals surface area contributed by atoms with Gasteiger partial charge in [0.25, 0.3) is 0 Å². The molecule has 4 rings (SSSR count). The smallest absolute Gasteiger partial charge is 0.407 e. The predicted molar refractivity (Wildman–Crippen MR) is 189 cm³/mol. The van der Waals surface area contributed by atoms with Crippen molar-refractivity contribution in [2.24, 2.45) is 0 Å². The molecule has 4 aromatic rings. The van der Waals surface area contributed by atoms with Gasteiger partial charge in [0.05, 0.1) is 11.8 Å². The summed E-state index contributed by atoms with van der Waals surface area (Å²) in [6.07, 6.45) is 2.28. The first-order valence-electron chi connectivity index (χ1n) is 16.4. The van der Waals surface area contributed by atoms with Crippen LogP contribution in [0.4, 0.5) is 4.79 Å². The van der Waals surface area contributed by atoms with Crippen LogP contribution < -0.4 is 16.0 Å². The molecule has 0 atom stereocenters. The molecular formula is C40H49N3O4. The number of amides is 3. The normalized spacial score (nSPS) is 10.9. The van der Waals surface area contributed by atoms with Crippen LogP contribution in [-0.4, -0.2) is 43.1 Å². The van der Waals surface area contributed by atoms with Crippen molar-refractivity contribution in [1.82, 2.24) is 16.0 Å². The van der Waals surface area contributed by atoms with E-state index in [1.165, 1.54) is 0 Å². The van der Waals surface area contributed by atoms with Crippen molar-refractivity contribution < 1.29 is 19.1 Å². The van der Waals surface area contributed by atoms with Crippen LogP contribution in [0.25, 0.3) is 0 Å². The molecule has 0 heterocycles. The lowest BCUT2D eigenvalue weighted by atomic mass is 9.90. The number of hydrogen-bond donors (Lipinski definition) is 3.